The molecule has 7 nitrogen and oxygen atoms in total. The smallest absolute Gasteiger partial charge is 0.252 e. The summed E-state index contributed by atoms with van der Waals surface area (Å²) in [5.74, 6) is 2.03. The van der Waals surface area contributed by atoms with Crippen molar-refractivity contribution in [2.45, 2.75) is 63.6 Å². The lowest BCUT2D eigenvalue weighted by Crippen LogP contribution is -2.62. The van der Waals surface area contributed by atoms with Gasteiger partial charge in [-0.05, 0) is 39.0 Å². The molecule has 4 heterocycles. The fraction of sp³-hybridized carbons (Fsp3) is 0.833. The average molecular weight is 349 g/mol. The van der Waals surface area contributed by atoms with Gasteiger partial charge in [-0.25, -0.2) is 0 Å². The van der Waals surface area contributed by atoms with Crippen molar-refractivity contribution in [2.75, 3.05) is 26.3 Å². The third-order valence-corrected chi connectivity index (χ3v) is 5.76. The number of amides is 1. The molecule has 1 amide bonds. The van der Waals surface area contributed by atoms with Gasteiger partial charge in [0.2, 0.25) is 11.8 Å². The van der Waals surface area contributed by atoms with Crippen LogP contribution in [0, 0.1) is 5.92 Å². The van der Waals surface area contributed by atoms with Crippen molar-refractivity contribution < 1.29 is 18.7 Å². The average Bonchev–Trinajstić information content (AvgIpc) is 3.19. The van der Waals surface area contributed by atoms with E-state index in [1.807, 2.05) is 11.8 Å². The van der Waals surface area contributed by atoms with Crippen LogP contribution in [0.5, 0.6) is 0 Å². The molecular weight excluding hydrogens is 322 g/mol. The third-order valence-electron chi connectivity index (χ3n) is 5.76. The summed E-state index contributed by atoms with van der Waals surface area (Å²) in [5.41, 5.74) is -0.250. The van der Waals surface area contributed by atoms with E-state index >= 15 is 0 Å². The molecule has 4 rings (SSSR count). The van der Waals surface area contributed by atoms with Crippen LogP contribution in [0.2, 0.25) is 0 Å². The highest BCUT2D eigenvalue weighted by atomic mass is 16.5. The second-order valence-corrected chi connectivity index (χ2v) is 8.17. The van der Waals surface area contributed by atoms with Crippen LogP contribution in [0.3, 0.4) is 0 Å². The van der Waals surface area contributed by atoms with Gasteiger partial charge in [0.25, 0.3) is 5.91 Å². The van der Waals surface area contributed by atoms with Crippen molar-refractivity contribution in [2.24, 2.45) is 5.92 Å². The minimum absolute atomic E-state index is 0.0958. The Morgan fingerprint density at radius 1 is 1.20 bits per heavy atom. The number of aromatic nitrogens is 2. The summed E-state index contributed by atoms with van der Waals surface area (Å²) in [5, 5.41) is 8.53. The number of rotatable bonds is 3. The van der Waals surface area contributed by atoms with Gasteiger partial charge in [0.1, 0.15) is 6.10 Å². The number of nitrogens with zero attached hydrogens (tertiary/aromatic N) is 3. The molecule has 3 unspecified atom stereocenters. The number of hydrogen-bond acceptors (Lipinski definition) is 6. The molecule has 3 aliphatic heterocycles. The van der Waals surface area contributed by atoms with E-state index in [0.29, 0.717) is 30.8 Å². The number of hydrogen-bond donors (Lipinski definition) is 0. The molecule has 3 fully saturated rings. The summed E-state index contributed by atoms with van der Waals surface area (Å²) >= 11 is 0. The molecule has 0 N–H and O–H groups in total. The maximum Gasteiger partial charge on any atom is 0.252 e. The van der Waals surface area contributed by atoms with Gasteiger partial charge in [-0.15, -0.1) is 10.2 Å². The zero-order valence-corrected chi connectivity index (χ0v) is 15.2. The molecule has 0 saturated carbocycles. The predicted octanol–water partition coefficient (Wildman–Crippen LogP) is 1.88. The van der Waals surface area contributed by atoms with Gasteiger partial charge >= 0.3 is 0 Å². The molecule has 1 aromatic rings. The fourth-order valence-corrected chi connectivity index (χ4v) is 4.24. The van der Waals surface area contributed by atoms with Crippen LogP contribution in [-0.4, -0.2) is 59.5 Å². The highest BCUT2D eigenvalue weighted by molar-refractivity contribution is 5.82. The van der Waals surface area contributed by atoms with E-state index in [1.165, 1.54) is 0 Å². The third kappa shape index (κ3) is 3.08. The first-order chi connectivity index (χ1) is 12.0. The van der Waals surface area contributed by atoms with Crippen molar-refractivity contribution in [1.29, 1.82) is 0 Å². The summed E-state index contributed by atoms with van der Waals surface area (Å²) in [6.45, 7) is 8.92. The van der Waals surface area contributed by atoms with E-state index in [0.717, 1.165) is 32.5 Å². The molecule has 0 bridgehead atoms. The Morgan fingerprint density at radius 2 is 1.92 bits per heavy atom. The zero-order chi connectivity index (χ0) is 17.6. The quantitative estimate of drug-likeness (QED) is 0.829. The van der Waals surface area contributed by atoms with E-state index in [2.05, 4.69) is 24.0 Å². The van der Waals surface area contributed by atoms with Crippen molar-refractivity contribution in [3.8, 4) is 0 Å². The Kier molecular flexibility index (Phi) is 4.32. The molecule has 0 aromatic carbocycles. The summed E-state index contributed by atoms with van der Waals surface area (Å²) in [6.07, 6.45) is 2.66. The fourth-order valence-electron chi connectivity index (χ4n) is 4.24. The topological polar surface area (TPSA) is 77.7 Å². The molecule has 3 aliphatic rings. The second-order valence-electron chi connectivity index (χ2n) is 8.17. The van der Waals surface area contributed by atoms with Crippen molar-refractivity contribution in [3.63, 3.8) is 0 Å². The van der Waals surface area contributed by atoms with Gasteiger partial charge in [-0.1, -0.05) is 6.92 Å². The Hall–Kier alpha value is -1.47. The number of carbonyl (C=O) groups is 1. The van der Waals surface area contributed by atoms with E-state index in [-0.39, 0.29) is 29.4 Å². The lowest BCUT2D eigenvalue weighted by atomic mass is 9.81. The molecule has 0 aliphatic carbocycles. The van der Waals surface area contributed by atoms with Crippen LogP contribution in [0.4, 0.5) is 0 Å². The van der Waals surface area contributed by atoms with Gasteiger partial charge in [0.05, 0.1) is 11.5 Å². The molecular formula is C18H27N3O4. The predicted molar refractivity (Wildman–Crippen MR) is 89.1 cm³/mol. The number of carbonyl (C=O) groups excluding carboxylic acids is 1. The van der Waals surface area contributed by atoms with Gasteiger partial charge in [-0.2, -0.15) is 0 Å². The SMILES string of the molecule is CC1CC(C)C(C(=O)N2CC(C)(c3nnc(C4CCOCC4)o3)C2)O1. The lowest BCUT2D eigenvalue weighted by molar-refractivity contribution is -0.152. The Morgan fingerprint density at radius 3 is 2.56 bits per heavy atom. The minimum Gasteiger partial charge on any atom is -0.424 e. The molecule has 25 heavy (non-hydrogen) atoms. The van der Waals surface area contributed by atoms with Gasteiger partial charge in [0.15, 0.2) is 0 Å². The molecule has 0 spiro atoms. The van der Waals surface area contributed by atoms with Crippen LogP contribution in [0.25, 0.3) is 0 Å². The Balaban J connectivity index is 1.38. The molecule has 3 atom stereocenters. The summed E-state index contributed by atoms with van der Waals surface area (Å²) in [7, 11) is 0. The van der Waals surface area contributed by atoms with Crippen LogP contribution in [-0.2, 0) is 19.7 Å². The van der Waals surface area contributed by atoms with Crippen LogP contribution < -0.4 is 0 Å². The summed E-state index contributed by atoms with van der Waals surface area (Å²) in [4.78, 5) is 14.5. The van der Waals surface area contributed by atoms with Crippen LogP contribution in [0.1, 0.15) is 57.7 Å². The van der Waals surface area contributed by atoms with Gasteiger partial charge < -0.3 is 18.8 Å². The number of likely N-dealkylation sites (tertiary alicyclic amines) is 1. The molecule has 138 valence electrons. The van der Waals surface area contributed by atoms with Crippen LogP contribution in [0.15, 0.2) is 4.42 Å². The standard InChI is InChI=1S/C18H27N3O4/c1-11-8-12(2)24-14(11)16(22)21-9-18(3,10-21)17-20-19-15(25-17)13-4-6-23-7-5-13/h11-14H,4-10H2,1-3H3. The van der Waals surface area contributed by atoms with E-state index in [9.17, 15) is 4.79 Å². The van der Waals surface area contributed by atoms with E-state index in [1.54, 1.807) is 0 Å². The highest BCUT2D eigenvalue weighted by Crippen LogP contribution is 2.37. The lowest BCUT2D eigenvalue weighted by Gasteiger charge is -2.46. The van der Waals surface area contributed by atoms with Crippen molar-refractivity contribution >= 4 is 5.91 Å². The first-order valence-electron chi connectivity index (χ1n) is 9.32. The van der Waals surface area contributed by atoms with E-state index < -0.39 is 0 Å². The first-order valence-corrected chi connectivity index (χ1v) is 9.32. The second kappa shape index (κ2) is 6.36. The minimum atomic E-state index is -0.306. The van der Waals surface area contributed by atoms with E-state index in [4.69, 9.17) is 13.9 Å². The normalized spacial score (nSPS) is 32.6. The first kappa shape index (κ1) is 17.0. The van der Waals surface area contributed by atoms with Gasteiger partial charge in [0, 0.05) is 32.2 Å². The Bertz CT molecular complexity index is 634. The molecule has 3 saturated heterocycles. The van der Waals surface area contributed by atoms with Crippen LogP contribution >= 0.6 is 0 Å². The molecule has 1 aromatic heterocycles. The highest BCUT2D eigenvalue weighted by Gasteiger charge is 2.50. The Labute approximate surface area is 148 Å². The maximum atomic E-state index is 12.7. The maximum absolute atomic E-state index is 12.7. The van der Waals surface area contributed by atoms with Gasteiger partial charge in [-0.3, -0.25) is 4.79 Å². The molecule has 7 heteroatoms. The monoisotopic (exact) mass is 349 g/mol. The summed E-state index contributed by atoms with van der Waals surface area (Å²) < 4.78 is 17.2. The van der Waals surface area contributed by atoms with Crippen molar-refractivity contribution in [3.05, 3.63) is 11.8 Å². The van der Waals surface area contributed by atoms with Crippen molar-refractivity contribution in [1.82, 2.24) is 15.1 Å². The largest absolute Gasteiger partial charge is 0.424 e. The summed E-state index contributed by atoms with van der Waals surface area (Å²) in [6, 6.07) is 0. The zero-order valence-electron chi connectivity index (χ0n) is 15.2. The number of ether oxygens (including phenoxy) is 2. The molecule has 0 radical (unpaired) electrons.